The van der Waals surface area contributed by atoms with E-state index in [1.165, 1.54) is 18.4 Å². The number of nitrogens with one attached hydrogen (secondary N) is 1. The Hall–Kier alpha value is 0.552. The third-order valence-corrected chi connectivity index (χ3v) is 2.45. The third-order valence-electron chi connectivity index (χ3n) is 2.45. The Morgan fingerprint density at radius 1 is 1.38 bits per heavy atom. The van der Waals surface area contributed by atoms with Crippen molar-refractivity contribution in [1.82, 2.24) is 4.98 Å². The Morgan fingerprint density at radius 3 is 3.08 bits per heavy atom. The molecule has 0 bridgehead atoms. The summed E-state index contributed by atoms with van der Waals surface area (Å²) in [5, 5.41) is 0. The van der Waals surface area contributed by atoms with Crippen molar-refractivity contribution in [3.63, 3.8) is 0 Å². The van der Waals surface area contributed by atoms with Crippen LogP contribution in [0.4, 0.5) is 0 Å². The summed E-state index contributed by atoms with van der Waals surface area (Å²) in [6.07, 6.45) is 6.27. The fourth-order valence-electron chi connectivity index (χ4n) is 1.78. The Balaban J connectivity index is 0.000000845. The molecule has 0 aliphatic heterocycles. The second-order valence-electron chi connectivity index (χ2n) is 3.35. The van der Waals surface area contributed by atoms with E-state index < -0.39 is 0 Å². The maximum absolute atomic E-state index is 7.83. The number of rotatable bonds is 0. The number of nitrogens with zero attached hydrogens (tertiary/aromatic N) is 1. The second kappa shape index (κ2) is 5.44. The van der Waals surface area contributed by atoms with Crippen LogP contribution in [0.3, 0.4) is 0 Å². The minimum absolute atomic E-state index is 0. The van der Waals surface area contributed by atoms with Gasteiger partial charge in [0.25, 0.3) is 0 Å². The molecule has 13 heavy (non-hydrogen) atoms. The van der Waals surface area contributed by atoms with Crippen LogP contribution in [0.1, 0.15) is 36.6 Å². The molecule has 0 unspecified atom stereocenters. The predicted molar refractivity (Wildman–Crippen MR) is 48.9 cm³/mol. The molecule has 67 valence electrons. The van der Waals surface area contributed by atoms with Crippen LogP contribution in [0.2, 0.25) is 0 Å². The van der Waals surface area contributed by atoms with Crippen LogP contribution < -0.4 is 0 Å². The van der Waals surface area contributed by atoms with E-state index in [9.17, 15) is 0 Å². The molecule has 1 heterocycles. The van der Waals surface area contributed by atoms with Crippen molar-refractivity contribution in [2.24, 2.45) is 0 Å². The maximum Gasteiger partial charge on any atom is 0.0270 e. The van der Waals surface area contributed by atoms with E-state index in [1.54, 1.807) is 6.20 Å². The average molecular weight is 388 g/mol. The molecule has 0 spiro atoms. The quantitative estimate of drug-likeness (QED) is 0.630. The van der Waals surface area contributed by atoms with Gasteiger partial charge < -0.3 is 5.73 Å². The molecule has 2 rings (SSSR count). The maximum atomic E-state index is 7.83. The normalized spacial score (nSPS) is 21.2. The van der Waals surface area contributed by atoms with Gasteiger partial charge in [-0.1, -0.05) is 24.9 Å². The summed E-state index contributed by atoms with van der Waals surface area (Å²) in [6, 6.07) is 4.00. The van der Waals surface area contributed by atoms with Crippen LogP contribution >= 0.6 is 0 Å². The molecule has 1 aromatic rings. The summed E-state index contributed by atoms with van der Waals surface area (Å²) >= 11 is 0. The van der Waals surface area contributed by atoms with Gasteiger partial charge in [-0.05, 0) is 24.5 Å². The number of aryl methyl sites for hydroxylation is 1. The van der Waals surface area contributed by atoms with Crippen molar-refractivity contribution < 1.29 is 44.1 Å². The first-order valence-electron chi connectivity index (χ1n) is 4.53. The molecule has 1 atom stereocenters. The number of hydrogen-bond donors (Lipinski definition) is 0. The summed E-state index contributed by atoms with van der Waals surface area (Å²) in [5.74, 6) is 0. The Kier molecular flexibility index (Phi) is 4.86. The molecule has 0 saturated carbocycles. The van der Waals surface area contributed by atoms with E-state index in [1.807, 2.05) is 6.07 Å². The number of fused-ring (bicyclic) bond motifs is 1. The van der Waals surface area contributed by atoms with Crippen LogP contribution in [0.5, 0.6) is 0 Å². The molecular weight excluding hydrogens is 375 g/mol. The molecule has 0 amide bonds. The van der Waals surface area contributed by atoms with Crippen molar-refractivity contribution in [2.75, 3.05) is 0 Å². The smallest absolute Gasteiger partial charge is 0.0270 e. The molecule has 3 heteroatoms. The zero-order valence-corrected chi connectivity index (χ0v) is 12.4. The molecule has 1 aromatic heterocycles. The van der Waals surface area contributed by atoms with Crippen LogP contribution in [0, 0.1) is 44.1 Å². The van der Waals surface area contributed by atoms with Gasteiger partial charge >= 0.3 is 0 Å². The number of aromatic nitrogens is 1. The SMILES string of the molecule is [Ac].[NH-][C@@H]1CCCCc2cccnc21. The van der Waals surface area contributed by atoms with Crippen molar-refractivity contribution >= 4 is 0 Å². The Morgan fingerprint density at radius 2 is 2.23 bits per heavy atom. The summed E-state index contributed by atoms with van der Waals surface area (Å²) in [7, 11) is 0. The molecular formula is C10H13AcN2-. The number of hydrogen-bond acceptors (Lipinski definition) is 1. The first-order chi connectivity index (χ1) is 5.88. The van der Waals surface area contributed by atoms with Gasteiger partial charge in [-0.15, -0.1) is 0 Å². The first kappa shape index (κ1) is 11.6. The molecule has 0 aromatic carbocycles. The van der Waals surface area contributed by atoms with E-state index in [4.69, 9.17) is 5.73 Å². The summed E-state index contributed by atoms with van der Waals surface area (Å²) in [6.45, 7) is 0. The van der Waals surface area contributed by atoms with Crippen LogP contribution in [-0.4, -0.2) is 4.98 Å². The van der Waals surface area contributed by atoms with E-state index in [-0.39, 0.29) is 50.1 Å². The van der Waals surface area contributed by atoms with E-state index in [0.29, 0.717) is 0 Å². The topological polar surface area (TPSA) is 36.7 Å². The van der Waals surface area contributed by atoms with Crippen molar-refractivity contribution in [3.05, 3.63) is 35.3 Å². The van der Waals surface area contributed by atoms with Gasteiger partial charge in [0.15, 0.2) is 0 Å². The fraction of sp³-hybridized carbons (Fsp3) is 0.500. The minimum Gasteiger partial charge on any atom is -0.670 e. The van der Waals surface area contributed by atoms with Gasteiger partial charge in [0.2, 0.25) is 0 Å². The zero-order valence-electron chi connectivity index (χ0n) is 7.66. The van der Waals surface area contributed by atoms with E-state index >= 15 is 0 Å². The largest absolute Gasteiger partial charge is 0.670 e. The van der Waals surface area contributed by atoms with Crippen molar-refractivity contribution in [3.8, 4) is 0 Å². The molecule has 0 saturated heterocycles. The molecule has 0 fully saturated rings. The summed E-state index contributed by atoms with van der Waals surface area (Å²) < 4.78 is 0. The Labute approximate surface area is 115 Å². The van der Waals surface area contributed by atoms with Crippen molar-refractivity contribution in [2.45, 2.75) is 31.7 Å². The van der Waals surface area contributed by atoms with Gasteiger partial charge in [-0.2, -0.15) is 0 Å². The predicted octanol–water partition coefficient (Wildman–Crippen LogP) is 2.90. The fourth-order valence-corrected chi connectivity index (χ4v) is 1.78. The van der Waals surface area contributed by atoms with Crippen LogP contribution in [0.25, 0.3) is 5.73 Å². The first-order valence-corrected chi connectivity index (χ1v) is 4.53. The monoisotopic (exact) mass is 388 g/mol. The van der Waals surface area contributed by atoms with Crippen LogP contribution in [-0.2, 0) is 6.42 Å². The summed E-state index contributed by atoms with van der Waals surface area (Å²) in [4.78, 5) is 4.27. The number of pyridine rings is 1. The van der Waals surface area contributed by atoms with E-state index in [0.717, 1.165) is 18.5 Å². The van der Waals surface area contributed by atoms with Crippen LogP contribution in [0.15, 0.2) is 18.3 Å². The van der Waals surface area contributed by atoms with Gasteiger partial charge in [0.1, 0.15) is 0 Å². The summed E-state index contributed by atoms with van der Waals surface area (Å²) in [5.41, 5.74) is 10.1. The third kappa shape index (κ3) is 2.75. The van der Waals surface area contributed by atoms with Gasteiger partial charge in [0.05, 0.1) is 0 Å². The molecule has 1 N–H and O–H groups in total. The zero-order chi connectivity index (χ0) is 8.39. The van der Waals surface area contributed by atoms with Crippen molar-refractivity contribution in [1.29, 1.82) is 0 Å². The van der Waals surface area contributed by atoms with Gasteiger partial charge in [-0.3, -0.25) is 4.98 Å². The van der Waals surface area contributed by atoms with Gasteiger partial charge in [-0.25, -0.2) is 0 Å². The molecule has 2 nitrogen and oxygen atoms in total. The standard InChI is InChI=1S/C10H13N2.Ac/c11-9-6-2-1-4-8-5-3-7-12-10(8)9;/h3,5,7,9,11H,1-2,4,6H2;/q-1;/t9-;/m1./s1. The second-order valence-corrected chi connectivity index (χ2v) is 3.35. The van der Waals surface area contributed by atoms with E-state index in [2.05, 4.69) is 11.1 Å². The molecule has 1 aliphatic carbocycles. The molecule has 1 aliphatic rings. The minimum atomic E-state index is -0.0799. The Bertz CT molecular complexity index is 275. The van der Waals surface area contributed by atoms with Gasteiger partial charge in [0, 0.05) is 56.0 Å². The average Bonchev–Trinajstić information content (AvgIpc) is 2.29. The molecule has 1 radical (unpaired) electrons.